The Kier molecular flexibility index (Phi) is 7.37. The van der Waals surface area contributed by atoms with Gasteiger partial charge in [-0.25, -0.2) is 4.98 Å². The van der Waals surface area contributed by atoms with Crippen LogP contribution >= 0.6 is 11.3 Å². The molecule has 3 nitrogen and oxygen atoms in total. The Bertz CT molecular complexity index is 522. The van der Waals surface area contributed by atoms with Crippen molar-refractivity contribution in [1.82, 2.24) is 4.98 Å². The SMILES string of the molecule is CC.CCCOc1cc(OCCC)c2nc(C)sc2c1. The Morgan fingerprint density at radius 3 is 2.35 bits per heavy atom. The van der Waals surface area contributed by atoms with Crippen LogP contribution in [0, 0.1) is 6.92 Å². The number of thiazole rings is 1. The second-order valence-electron chi connectivity index (χ2n) is 4.20. The lowest BCUT2D eigenvalue weighted by atomic mass is 10.3. The predicted molar refractivity (Wildman–Crippen MR) is 87.3 cm³/mol. The molecule has 0 saturated carbocycles. The summed E-state index contributed by atoms with van der Waals surface area (Å²) in [6, 6.07) is 4.00. The molecule has 0 bridgehead atoms. The van der Waals surface area contributed by atoms with Crippen LogP contribution in [0.1, 0.15) is 45.5 Å². The molecular weight excluding hydrogens is 270 g/mol. The number of fused-ring (bicyclic) bond motifs is 1. The third kappa shape index (κ3) is 4.37. The highest BCUT2D eigenvalue weighted by atomic mass is 32.1. The highest BCUT2D eigenvalue weighted by Crippen LogP contribution is 2.34. The van der Waals surface area contributed by atoms with Crippen molar-refractivity contribution in [2.24, 2.45) is 0 Å². The monoisotopic (exact) mass is 295 g/mol. The minimum atomic E-state index is 0.711. The van der Waals surface area contributed by atoms with Gasteiger partial charge in [-0.1, -0.05) is 27.7 Å². The number of hydrogen-bond acceptors (Lipinski definition) is 4. The van der Waals surface area contributed by atoms with E-state index in [1.54, 1.807) is 11.3 Å². The summed E-state index contributed by atoms with van der Waals surface area (Å²) >= 11 is 1.68. The summed E-state index contributed by atoms with van der Waals surface area (Å²) in [6.07, 6.45) is 2.00. The minimum absolute atomic E-state index is 0.711. The molecule has 0 N–H and O–H groups in total. The molecule has 0 spiro atoms. The Morgan fingerprint density at radius 2 is 1.70 bits per heavy atom. The van der Waals surface area contributed by atoms with Crippen LogP contribution in [0.2, 0.25) is 0 Å². The van der Waals surface area contributed by atoms with E-state index in [2.05, 4.69) is 24.9 Å². The minimum Gasteiger partial charge on any atom is -0.493 e. The quantitative estimate of drug-likeness (QED) is 0.733. The molecule has 2 aromatic rings. The summed E-state index contributed by atoms with van der Waals surface area (Å²) in [7, 11) is 0. The molecule has 0 aliphatic heterocycles. The first-order valence-corrected chi connectivity index (χ1v) is 8.23. The maximum atomic E-state index is 5.77. The van der Waals surface area contributed by atoms with E-state index in [4.69, 9.17) is 9.47 Å². The lowest BCUT2D eigenvalue weighted by Crippen LogP contribution is -1.98. The zero-order valence-electron chi connectivity index (χ0n) is 13.2. The summed E-state index contributed by atoms with van der Waals surface area (Å²) in [5, 5.41) is 1.05. The predicted octanol–water partition coefficient (Wildman–Crippen LogP) is 5.21. The van der Waals surface area contributed by atoms with Crippen molar-refractivity contribution in [2.75, 3.05) is 13.2 Å². The van der Waals surface area contributed by atoms with Crippen molar-refractivity contribution in [2.45, 2.75) is 47.5 Å². The van der Waals surface area contributed by atoms with Crippen molar-refractivity contribution in [1.29, 1.82) is 0 Å². The van der Waals surface area contributed by atoms with Gasteiger partial charge in [-0.15, -0.1) is 11.3 Å². The first-order chi connectivity index (χ1) is 9.74. The average molecular weight is 295 g/mol. The number of ether oxygens (including phenoxy) is 2. The van der Waals surface area contributed by atoms with Gasteiger partial charge in [-0.2, -0.15) is 0 Å². The summed E-state index contributed by atoms with van der Waals surface area (Å²) in [5.41, 5.74) is 0.954. The standard InChI is InChI=1S/C14H19NO2S.C2H6/c1-4-6-16-11-8-12(17-7-5-2)14-13(9-11)18-10(3)15-14;1-2/h8-9H,4-7H2,1-3H3;1-2H3. The fourth-order valence-corrected chi connectivity index (χ4v) is 2.58. The van der Waals surface area contributed by atoms with Crippen LogP contribution in [0.3, 0.4) is 0 Å². The molecular formula is C16H25NO2S. The maximum Gasteiger partial charge on any atom is 0.150 e. The van der Waals surface area contributed by atoms with Crippen molar-refractivity contribution >= 4 is 21.6 Å². The van der Waals surface area contributed by atoms with Gasteiger partial charge in [-0.05, 0) is 25.8 Å². The topological polar surface area (TPSA) is 31.4 Å². The van der Waals surface area contributed by atoms with E-state index in [9.17, 15) is 0 Å². The number of benzene rings is 1. The normalized spacial score (nSPS) is 10.1. The summed E-state index contributed by atoms with van der Waals surface area (Å²) in [4.78, 5) is 4.53. The first-order valence-electron chi connectivity index (χ1n) is 7.41. The molecule has 0 unspecified atom stereocenters. The largest absolute Gasteiger partial charge is 0.493 e. The number of aryl methyl sites for hydroxylation is 1. The van der Waals surface area contributed by atoms with Crippen LogP contribution in [-0.4, -0.2) is 18.2 Å². The van der Waals surface area contributed by atoms with Gasteiger partial charge in [-0.3, -0.25) is 0 Å². The zero-order chi connectivity index (χ0) is 15.0. The van der Waals surface area contributed by atoms with Gasteiger partial charge in [0.2, 0.25) is 0 Å². The van der Waals surface area contributed by atoms with Gasteiger partial charge >= 0.3 is 0 Å². The third-order valence-corrected chi connectivity index (χ3v) is 3.39. The molecule has 0 aliphatic rings. The van der Waals surface area contributed by atoms with E-state index < -0.39 is 0 Å². The van der Waals surface area contributed by atoms with E-state index in [1.165, 1.54) is 0 Å². The second kappa shape index (κ2) is 8.80. The Morgan fingerprint density at radius 1 is 1.05 bits per heavy atom. The number of aromatic nitrogens is 1. The molecule has 0 saturated heterocycles. The van der Waals surface area contributed by atoms with Crippen LogP contribution in [0.4, 0.5) is 0 Å². The van der Waals surface area contributed by atoms with E-state index in [0.717, 1.165) is 46.2 Å². The highest BCUT2D eigenvalue weighted by Gasteiger charge is 2.10. The van der Waals surface area contributed by atoms with Gasteiger partial charge in [0.05, 0.1) is 22.9 Å². The molecule has 0 fully saturated rings. The fraction of sp³-hybridized carbons (Fsp3) is 0.562. The van der Waals surface area contributed by atoms with Crippen molar-refractivity contribution in [3.8, 4) is 11.5 Å². The Balaban J connectivity index is 0.000000956. The van der Waals surface area contributed by atoms with E-state index in [-0.39, 0.29) is 0 Å². The number of rotatable bonds is 6. The van der Waals surface area contributed by atoms with Gasteiger partial charge < -0.3 is 9.47 Å². The third-order valence-electron chi connectivity index (χ3n) is 2.47. The summed E-state index contributed by atoms with van der Waals surface area (Å²) < 4.78 is 12.6. The zero-order valence-corrected chi connectivity index (χ0v) is 14.0. The second-order valence-corrected chi connectivity index (χ2v) is 5.43. The molecule has 20 heavy (non-hydrogen) atoms. The van der Waals surface area contributed by atoms with Crippen LogP contribution in [0.5, 0.6) is 11.5 Å². The molecule has 0 radical (unpaired) electrons. The van der Waals surface area contributed by atoms with E-state index in [0.29, 0.717) is 6.61 Å². The van der Waals surface area contributed by atoms with Gasteiger partial charge in [0.15, 0.2) is 0 Å². The van der Waals surface area contributed by atoms with Crippen LogP contribution in [-0.2, 0) is 0 Å². The van der Waals surface area contributed by atoms with E-state index >= 15 is 0 Å². The van der Waals surface area contributed by atoms with Crippen LogP contribution < -0.4 is 9.47 Å². The molecule has 0 aliphatic carbocycles. The molecule has 2 rings (SSSR count). The molecule has 4 heteroatoms. The molecule has 0 amide bonds. The molecule has 112 valence electrons. The fourth-order valence-electron chi connectivity index (χ4n) is 1.71. The maximum absolute atomic E-state index is 5.77. The summed E-state index contributed by atoms with van der Waals surface area (Å²) in [5.74, 6) is 1.71. The van der Waals surface area contributed by atoms with Gasteiger partial charge in [0, 0.05) is 6.07 Å². The average Bonchev–Trinajstić information content (AvgIpc) is 2.85. The van der Waals surface area contributed by atoms with Crippen LogP contribution in [0.15, 0.2) is 12.1 Å². The molecule has 1 aromatic heterocycles. The number of nitrogens with zero attached hydrogens (tertiary/aromatic N) is 1. The molecule has 1 aromatic carbocycles. The lowest BCUT2D eigenvalue weighted by Gasteiger charge is -2.09. The molecule has 0 atom stereocenters. The number of hydrogen-bond donors (Lipinski definition) is 0. The van der Waals surface area contributed by atoms with Crippen LogP contribution in [0.25, 0.3) is 10.2 Å². The Labute approximate surface area is 125 Å². The van der Waals surface area contributed by atoms with Crippen molar-refractivity contribution < 1.29 is 9.47 Å². The smallest absolute Gasteiger partial charge is 0.150 e. The van der Waals surface area contributed by atoms with E-state index in [1.807, 2.05) is 26.8 Å². The molecule has 1 heterocycles. The lowest BCUT2D eigenvalue weighted by molar-refractivity contribution is 0.304. The highest BCUT2D eigenvalue weighted by molar-refractivity contribution is 7.18. The first kappa shape index (κ1) is 16.8. The Hall–Kier alpha value is -1.29. The van der Waals surface area contributed by atoms with Crippen molar-refractivity contribution in [3.05, 3.63) is 17.1 Å². The summed E-state index contributed by atoms with van der Waals surface area (Å²) in [6.45, 7) is 11.7. The van der Waals surface area contributed by atoms with Gasteiger partial charge in [0.1, 0.15) is 17.0 Å². The van der Waals surface area contributed by atoms with Crippen molar-refractivity contribution in [3.63, 3.8) is 0 Å². The van der Waals surface area contributed by atoms with Gasteiger partial charge in [0.25, 0.3) is 0 Å².